The lowest BCUT2D eigenvalue weighted by Gasteiger charge is -2.08. The Hall–Kier alpha value is -2.49. The van der Waals surface area contributed by atoms with E-state index >= 15 is 0 Å². The molecule has 3 rings (SSSR count). The number of nitrogens with one attached hydrogen (secondary N) is 2. The van der Waals surface area contributed by atoms with E-state index in [1.165, 1.54) is 18.0 Å². The van der Waals surface area contributed by atoms with E-state index in [-0.39, 0.29) is 29.9 Å². The lowest BCUT2D eigenvalue weighted by Crippen LogP contribution is -2.24. The molecule has 3 aromatic rings. The van der Waals surface area contributed by atoms with Gasteiger partial charge in [-0.05, 0) is 37.3 Å². The Morgan fingerprint density at radius 2 is 1.97 bits per heavy atom. The number of hydrogen-bond acceptors (Lipinski definition) is 6. The van der Waals surface area contributed by atoms with E-state index in [0.717, 1.165) is 0 Å². The van der Waals surface area contributed by atoms with Crippen LogP contribution in [0, 0.1) is 0 Å². The molecule has 0 atom stereocenters. The summed E-state index contributed by atoms with van der Waals surface area (Å²) in [5.74, 6) is 0.360. The van der Waals surface area contributed by atoms with E-state index in [1.54, 1.807) is 30.3 Å². The molecule has 0 saturated carbocycles. The Labute approximate surface area is 181 Å². The highest BCUT2D eigenvalue weighted by atomic mass is 35.5. The van der Waals surface area contributed by atoms with Gasteiger partial charge in [-0.25, -0.2) is 0 Å². The predicted molar refractivity (Wildman–Crippen MR) is 111 cm³/mol. The first kappa shape index (κ1) is 21.2. The van der Waals surface area contributed by atoms with Crippen molar-refractivity contribution < 1.29 is 14.0 Å². The van der Waals surface area contributed by atoms with E-state index in [2.05, 4.69) is 20.8 Å². The van der Waals surface area contributed by atoms with Crippen LogP contribution in [-0.4, -0.2) is 32.3 Å². The average molecular weight is 454 g/mol. The minimum atomic E-state index is -0.339. The van der Waals surface area contributed by atoms with Gasteiger partial charge >= 0.3 is 0 Å². The SMILES string of the molecule is CCn1c(CNC(=O)c2ccco2)nnc1SCC(=O)Nc1cc(Cl)cc(Cl)c1. The maximum atomic E-state index is 12.2. The largest absolute Gasteiger partial charge is 0.459 e. The van der Waals surface area contributed by atoms with Crippen molar-refractivity contribution in [3.05, 3.63) is 58.2 Å². The van der Waals surface area contributed by atoms with Crippen LogP contribution in [0.4, 0.5) is 5.69 Å². The van der Waals surface area contributed by atoms with E-state index in [0.29, 0.717) is 33.3 Å². The zero-order valence-corrected chi connectivity index (χ0v) is 17.6. The fourth-order valence-corrected chi connectivity index (χ4v) is 3.83. The second-order valence-corrected chi connectivity index (χ2v) is 7.61. The van der Waals surface area contributed by atoms with Crippen molar-refractivity contribution >= 4 is 52.5 Å². The Balaban J connectivity index is 1.56. The summed E-state index contributed by atoms with van der Waals surface area (Å²) in [6.07, 6.45) is 1.43. The second kappa shape index (κ2) is 9.82. The first-order valence-corrected chi connectivity index (χ1v) is 10.3. The summed E-state index contributed by atoms with van der Waals surface area (Å²) in [5.41, 5.74) is 0.520. The summed E-state index contributed by atoms with van der Waals surface area (Å²) < 4.78 is 6.88. The molecular weight excluding hydrogens is 437 g/mol. The number of amides is 2. The highest BCUT2D eigenvalue weighted by Gasteiger charge is 2.15. The molecule has 0 aliphatic rings. The van der Waals surface area contributed by atoms with Crippen molar-refractivity contribution in [1.82, 2.24) is 20.1 Å². The van der Waals surface area contributed by atoms with Crippen molar-refractivity contribution in [2.75, 3.05) is 11.1 Å². The Kier molecular flexibility index (Phi) is 7.18. The molecule has 11 heteroatoms. The number of thioether (sulfide) groups is 1. The van der Waals surface area contributed by atoms with Gasteiger partial charge in [-0.15, -0.1) is 10.2 Å². The average Bonchev–Trinajstić information content (AvgIpc) is 3.33. The van der Waals surface area contributed by atoms with Gasteiger partial charge in [0, 0.05) is 22.3 Å². The maximum Gasteiger partial charge on any atom is 0.287 e. The summed E-state index contributed by atoms with van der Waals surface area (Å²) in [5, 5.41) is 15.1. The van der Waals surface area contributed by atoms with Crippen LogP contribution in [0.2, 0.25) is 10.0 Å². The van der Waals surface area contributed by atoms with Crippen LogP contribution >= 0.6 is 35.0 Å². The molecule has 0 spiro atoms. The van der Waals surface area contributed by atoms with E-state index in [9.17, 15) is 9.59 Å². The summed E-state index contributed by atoms with van der Waals surface area (Å²) in [6.45, 7) is 2.71. The van der Waals surface area contributed by atoms with Crippen LogP contribution < -0.4 is 10.6 Å². The highest BCUT2D eigenvalue weighted by Crippen LogP contribution is 2.23. The molecule has 0 radical (unpaired) electrons. The normalized spacial score (nSPS) is 10.7. The summed E-state index contributed by atoms with van der Waals surface area (Å²) >= 11 is 13.1. The Bertz CT molecular complexity index is 987. The van der Waals surface area contributed by atoms with Crippen molar-refractivity contribution in [2.45, 2.75) is 25.2 Å². The summed E-state index contributed by atoms with van der Waals surface area (Å²) in [6, 6.07) is 8.03. The smallest absolute Gasteiger partial charge is 0.287 e. The number of furan rings is 1. The van der Waals surface area contributed by atoms with Crippen LogP contribution in [0.25, 0.3) is 0 Å². The van der Waals surface area contributed by atoms with Crippen LogP contribution in [-0.2, 0) is 17.9 Å². The van der Waals surface area contributed by atoms with Gasteiger partial charge < -0.3 is 19.6 Å². The highest BCUT2D eigenvalue weighted by molar-refractivity contribution is 7.99. The lowest BCUT2D eigenvalue weighted by molar-refractivity contribution is -0.113. The molecule has 2 amide bonds. The lowest BCUT2D eigenvalue weighted by atomic mass is 10.3. The number of carbonyl (C=O) groups is 2. The topological polar surface area (TPSA) is 102 Å². The molecule has 0 aliphatic carbocycles. The van der Waals surface area contributed by atoms with Crippen LogP contribution in [0.3, 0.4) is 0 Å². The van der Waals surface area contributed by atoms with E-state index < -0.39 is 0 Å². The number of benzene rings is 1. The molecule has 152 valence electrons. The third-order valence-corrected chi connectivity index (χ3v) is 5.14. The summed E-state index contributed by atoms with van der Waals surface area (Å²) in [7, 11) is 0. The van der Waals surface area contributed by atoms with Crippen LogP contribution in [0.15, 0.2) is 46.2 Å². The first-order valence-electron chi connectivity index (χ1n) is 8.58. The second-order valence-electron chi connectivity index (χ2n) is 5.80. The maximum absolute atomic E-state index is 12.2. The number of aromatic nitrogens is 3. The molecule has 0 unspecified atom stereocenters. The first-order chi connectivity index (χ1) is 14.0. The number of nitrogens with zero attached hydrogens (tertiary/aromatic N) is 3. The molecular formula is C18H17Cl2N5O3S. The molecule has 1 aromatic carbocycles. The molecule has 0 fully saturated rings. The molecule has 0 saturated heterocycles. The van der Waals surface area contributed by atoms with Gasteiger partial charge in [0.1, 0.15) is 0 Å². The third kappa shape index (κ3) is 5.75. The van der Waals surface area contributed by atoms with Crippen LogP contribution in [0.1, 0.15) is 23.3 Å². The molecule has 2 heterocycles. The minimum Gasteiger partial charge on any atom is -0.459 e. The van der Waals surface area contributed by atoms with Gasteiger partial charge in [0.15, 0.2) is 16.7 Å². The molecule has 29 heavy (non-hydrogen) atoms. The molecule has 8 nitrogen and oxygen atoms in total. The van der Waals surface area contributed by atoms with Crippen molar-refractivity contribution in [1.29, 1.82) is 0 Å². The standard InChI is InChI=1S/C18H17Cl2N5O3S/c1-2-25-15(9-21-17(27)14-4-3-5-28-14)23-24-18(25)29-10-16(26)22-13-7-11(19)6-12(20)8-13/h3-8H,2,9-10H2,1H3,(H,21,27)(H,22,26). The molecule has 0 bridgehead atoms. The predicted octanol–water partition coefficient (Wildman–Crippen LogP) is 3.86. The Morgan fingerprint density at radius 3 is 2.62 bits per heavy atom. The number of carbonyl (C=O) groups excluding carboxylic acids is 2. The summed E-state index contributed by atoms with van der Waals surface area (Å²) in [4.78, 5) is 24.2. The van der Waals surface area contributed by atoms with Gasteiger partial charge in [0.05, 0.1) is 18.6 Å². The minimum absolute atomic E-state index is 0.126. The van der Waals surface area contributed by atoms with E-state index in [1.807, 2.05) is 11.5 Å². The molecule has 0 aliphatic heterocycles. The van der Waals surface area contributed by atoms with Gasteiger partial charge in [0.2, 0.25) is 5.91 Å². The van der Waals surface area contributed by atoms with Crippen molar-refractivity contribution in [3.8, 4) is 0 Å². The Morgan fingerprint density at radius 1 is 1.21 bits per heavy atom. The van der Waals surface area contributed by atoms with Gasteiger partial charge in [-0.1, -0.05) is 35.0 Å². The number of halogens is 2. The monoisotopic (exact) mass is 453 g/mol. The number of anilines is 1. The van der Waals surface area contributed by atoms with Crippen molar-refractivity contribution in [2.24, 2.45) is 0 Å². The third-order valence-electron chi connectivity index (χ3n) is 3.74. The van der Waals surface area contributed by atoms with Crippen LogP contribution in [0.5, 0.6) is 0 Å². The zero-order chi connectivity index (χ0) is 20.8. The van der Waals surface area contributed by atoms with Crippen molar-refractivity contribution in [3.63, 3.8) is 0 Å². The molecule has 2 N–H and O–H groups in total. The number of hydrogen-bond donors (Lipinski definition) is 2. The fourth-order valence-electron chi connectivity index (χ4n) is 2.48. The molecule has 2 aromatic heterocycles. The van der Waals surface area contributed by atoms with Gasteiger partial charge in [-0.3, -0.25) is 9.59 Å². The number of rotatable bonds is 8. The quantitative estimate of drug-likeness (QED) is 0.502. The fraction of sp³-hybridized carbons (Fsp3) is 0.222. The van der Waals surface area contributed by atoms with E-state index in [4.69, 9.17) is 27.6 Å². The zero-order valence-electron chi connectivity index (χ0n) is 15.3. The van der Waals surface area contributed by atoms with Gasteiger partial charge in [-0.2, -0.15) is 0 Å². The van der Waals surface area contributed by atoms with Gasteiger partial charge in [0.25, 0.3) is 5.91 Å².